The zero-order valence-electron chi connectivity index (χ0n) is 11.3. The van der Waals surface area contributed by atoms with Crippen LogP contribution in [0.5, 0.6) is 0 Å². The number of rotatable bonds is 3. The van der Waals surface area contributed by atoms with Crippen molar-refractivity contribution in [1.29, 1.82) is 0 Å². The van der Waals surface area contributed by atoms with Gasteiger partial charge in [-0.2, -0.15) is 0 Å². The minimum Gasteiger partial charge on any atom is -0.468 e. The van der Waals surface area contributed by atoms with Gasteiger partial charge in [0.25, 0.3) is 0 Å². The summed E-state index contributed by atoms with van der Waals surface area (Å²) in [5.41, 5.74) is 8.89. The Bertz CT molecular complexity index is 477. The molecule has 0 saturated heterocycles. The van der Waals surface area contributed by atoms with Gasteiger partial charge in [-0.05, 0) is 35.1 Å². The number of benzene rings is 1. The summed E-state index contributed by atoms with van der Waals surface area (Å²) in [6.45, 7) is 6.66. The normalized spacial score (nSPS) is 13.6. The van der Waals surface area contributed by atoms with Gasteiger partial charge in [-0.3, -0.25) is 0 Å². The molecular weight excluding hydrogens is 222 g/mol. The second-order valence-electron chi connectivity index (χ2n) is 5.77. The second kappa shape index (κ2) is 4.99. The van der Waals surface area contributed by atoms with E-state index in [1.165, 1.54) is 11.1 Å². The Labute approximate surface area is 109 Å². The monoisotopic (exact) mass is 243 g/mol. The molecule has 18 heavy (non-hydrogen) atoms. The van der Waals surface area contributed by atoms with E-state index in [0.29, 0.717) is 0 Å². The fourth-order valence-corrected chi connectivity index (χ4v) is 2.00. The van der Waals surface area contributed by atoms with E-state index in [0.717, 1.165) is 12.2 Å². The van der Waals surface area contributed by atoms with Gasteiger partial charge in [0.15, 0.2) is 0 Å². The molecule has 0 bridgehead atoms. The van der Waals surface area contributed by atoms with Crippen LogP contribution in [0.25, 0.3) is 0 Å². The number of hydrogen-bond donors (Lipinski definition) is 1. The summed E-state index contributed by atoms with van der Waals surface area (Å²) in [5.74, 6) is 0.842. The average Bonchev–Trinajstić information content (AvgIpc) is 2.82. The topological polar surface area (TPSA) is 39.2 Å². The Hall–Kier alpha value is -1.54. The molecule has 0 fully saturated rings. The van der Waals surface area contributed by atoms with Gasteiger partial charge in [0.2, 0.25) is 0 Å². The molecule has 1 aromatic heterocycles. The Morgan fingerprint density at radius 2 is 1.78 bits per heavy atom. The van der Waals surface area contributed by atoms with Crippen molar-refractivity contribution < 1.29 is 4.42 Å². The molecule has 0 amide bonds. The molecule has 0 spiro atoms. The highest BCUT2D eigenvalue weighted by atomic mass is 16.3. The van der Waals surface area contributed by atoms with Crippen molar-refractivity contribution in [3.8, 4) is 0 Å². The van der Waals surface area contributed by atoms with Crippen LogP contribution in [0.2, 0.25) is 0 Å². The largest absolute Gasteiger partial charge is 0.468 e. The van der Waals surface area contributed by atoms with Gasteiger partial charge in [0.1, 0.15) is 5.76 Å². The molecule has 0 aliphatic carbocycles. The Morgan fingerprint density at radius 3 is 2.28 bits per heavy atom. The van der Waals surface area contributed by atoms with E-state index < -0.39 is 0 Å². The first kappa shape index (κ1) is 12.9. The lowest BCUT2D eigenvalue weighted by atomic mass is 9.86. The highest BCUT2D eigenvalue weighted by Gasteiger charge is 2.14. The van der Waals surface area contributed by atoms with Crippen LogP contribution >= 0.6 is 0 Å². The Balaban J connectivity index is 2.07. The lowest BCUT2D eigenvalue weighted by Crippen LogP contribution is -2.13. The highest BCUT2D eigenvalue weighted by Crippen LogP contribution is 2.23. The van der Waals surface area contributed by atoms with Crippen LogP contribution in [-0.4, -0.2) is 0 Å². The van der Waals surface area contributed by atoms with Crippen molar-refractivity contribution in [3.05, 3.63) is 59.5 Å². The minimum absolute atomic E-state index is 0.0690. The predicted molar refractivity (Wildman–Crippen MR) is 74.5 cm³/mol. The van der Waals surface area contributed by atoms with Gasteiger partial charge in [0.05, 0.1) is 12.3 Å². The summed E-state index contributed by atoms with van der Waals surface area (Å²) in [6, 6.07) is 12.4. The van der Waals surface area contributed by atoms with E-state index in [-0.39, 0.29) is 11.5 Å². The summed E-state index contributed by atoms with van der Waals surface area (Å²) in [5, 5.41) is 0. The Morgan fingerprint density at radius 1 is 1.11 bits per heavy atom. The smallest absolute Gasteiger partial charge is 0.120 e. The fourth-order valence-electron chi connectivity index (χ4n) is 2.00. The number of hydrogen-bond acceptors (Lipinski definition) is 2. The quantitative estimate of drug-likeness (QED) is 0.890. The van der Waals surface area contributed by atoms with Gasteiger partial charge in [-0.25, -0.2) is 0 Å². The average molecular weight is 243 g/mol. The summed E-state index contributed by atoms with van der Waals surface area (Å²) in [6.07, 6.45) is 2.47. The third-order valence-corrected chi connectivity index (χ3v) is 3.18. The molecule has 0 radical (unpaired) electrons. The molecule has 1 atom stereocenters. The van der Waals surface area contributed by atoms with Crippen LogP contribution in [0.15, 0.2) is 47.1 Å². The van der Waals surface area contributed by atoms with Crippen LogP contribution in [-0.2, 0) is 11.8 Å². The second-order valence-corrected chi connectivity index (χ2v) is 5.77. The maximum absolute atomic E-state index is 6.10. The summed E-state index contributed by atoms with van der Waals surface area (Å²) < 4.78 is 5.32. The van der Waals surface area contributed by atoms with Crippen molar-refractivity contribution in [2.75, 3.05) is 0 Å². The first-order valence-corrected chi connectivity index (χ1v) is 6.35. The molecule has 2 aromatic rings. The maximum atomic E-state index is 6.10. The maximum Gasteiger partial charge on any atom is 0.120 e. The van der Waals surface area contributed by atoms with Crippen LogP contribution in [0.1, 0.15) is 43.7 Å². The third-order valence-electron chi connectivity index (χ3n) is 3.18. The van der Waals surface area contributed by atoms with Gasteiger partial charge in [-0.15, -0.1) is 0 Å². The van der Waals surface area contributed by atoms with E-state index in [1.807, 2.05) is 12.1 Å². The Kier molecular flexibility index (Phi) is 3.58. The molecule has 2 rings (SSSR count). The first-order valence-electron chi connectivity index (χ1n) is 6.35. The van der Waals surface area contributed by atoms with Crippen molar-refractivity contribution in [3.63, 3.8) is 0 Å². The molecule has 0 aliphatic rings. The SMILES string of the molecule is CC(C)(C)c1ccc(CC(N)c2ccco2)cc1. The highest BCUT2D eigenvalue weighted by molar-refractivity contribution is 5.28. The summed E-state index contributed by atoms with van der Waals surface area (Å²) in [7, 11) is 0. The zero-order chi connectivity index (χ0) is 13.2. The molecule has 1 unspecified atom stereocenters. The molecule has 2 N–H and O–H groups in total. The molecule has 0 saturated carbocycles. The molecular formula is C16H21NO. The van der Waals surface area contributed by atoms with Crippen molar-refractivity contribution in [2.45, 2.75) is 38.6 Å². The summed E-state index contributed by atoms with van der Waals surface area (Å²) in [4.78, 5) is 0. The third kappa shape index (κ3) is 3.02. The van der Waals surface area contributed by atoms with Crippen molar-refractivity contribution in [1.82, 2.24) is 0 Å². The first-order chi connectivity index (χ1) is 8.47. The van der Waals surface area contributed by atoms with Gasteiger partial charge in [-0.1, -0.05) is 45.0 Å². The van der Waals surface area contributed by atoms with Crippen molar-refractivity contribution in [2.24, 2.45) is 5.73 Å². The van der Waals surface area contributed by atoms with E-state index in [1.54, 1.807) is 6.26 Å². The molecule has 0 aliphatic heterocycles. The van der Waals surface area contributed by atoms with Crippen LogP contribution in [0.3, 0.4) is 0 Å². The van der Waals surface area contributed by atoms with E-state index in [2.05, 4.69) is 45.0 Å². The molecule has 2 nitrogen and oxygen atoms in total. The number of nitrogens with two attached hydrogens (primary N) is 1. The number of furan rings is 1. The minimum atomic E-state index is -0.0690. The molecule has 1 aromatic carbocycles. The van der Waals surface area contributed by atoms with Crippen LogP contribution in [0.4, 0.5) is 0 Å². The van der Waals surface area contributed by atoms with Crippen molar-refractivity contribution >= 4 is 0 Å². The molecule has 96 valence electrons. The molecule has 1 heterocycles. The van der Waals surface area contributed by atoms with E-state index in [9.17, 15) is 0 Å². The lowest BCUT2D eigenvalue weighted by molar-refractivity contribution is 0.464. The lowest BCUT2D eigenvalue weighted by Gasteiger charge is -2.19. The van der Waals surface area contributed by atoms with Gasteiger partial charge < -0.3 is 10.2 Å². The predicted octanol–water partition coefficient (Wildman–Crippen LogP) is 3.82. The summed E-state index contributed by atoms with van der Waals surface area (Å²) >= 11 is 0. The zero-order valence-corrected chi connectivity index (χ0v) is 11.3. The van der Waals surface area contributed by atoms with Gasteiger partial charge >= 0.3 is 0 Å². The molecule has 2 heteroatoms. The standard InChI is InChI=1S/C16H21NO/c1-16(2,3)13-8-6-12(7-9-13)11-14(17)15-5-4-10-18-15/h4-10,14H,11,17H2,1-3H3. The fraction of sp³-hybridized carbons (Fsp3) is 0.375. The van der Waals surface area contributed by atoms with Crippen LogP contribution in [0, 0.1) is 0 Å². The van der Waals surface area contributed by atoms with Gasteiger partial charge in [0, 0.05) is 0 Å². The van der Waals surface area contributed by atoms with E-state index >= 15 is 0 Å². The van der Waals surface area contributed by atoms with E-state index in [4.69, 9.17) is 10.2 Å². The van der Waals surface area contributed by atoms with Crippen LogP contribution < -0.4 is 5.73 Å².